The van der Waals surface area contributed by atoms with E-state index < -0.39 is 0 Å². The predicted octanol–water partition coefficient (Wildman–Crippen LogP) is 3.39. The molecule has 130 valence electrons. The molecular weight excluding hydrogens is 339 g/mol. The predicted molar refractivity (Wildman–Crippen MR) is 97.5 cm³/mol. The molecule has 3 rings (SSSR count). The van der Waals surface area contributed by atoms with Crippen molar-refractivity contribution in [1.82, 2.24) is 9.36 Å². The van der Waals surface area contributed by atoms with Gasteiger partial charge in [0.25, 0.3) is 0 Å². The van der Waals surface area contributed by atoms with Crippen LogP contribution in [-0.4, -0.2) is 23.0 Å². The van der Waals surface area contributed by atoms with Crippen LogP contribution in [0.1, 0.15) is 23.0 Å². The summed E-state index contributed by atoms with van der Waals surface area (Å²) in [5.41, 5.74) is 8.07. The molecular formula is C18H19FN4OS. The van der Waals surface area contributed by atoms with Gasteiger partial charge in [0.1, 0.15) is 17.4 Å². The van der Waals surface area contributed by atoms with Crippen LogP contribution in [-0.2, 0) is 6.42 Å². The highest BCUT2D eigenvalue weighted by Gasteiger charge is 2.09. The van der Waals surface area contributed by atoms with E-state index in [9.17, 15) is 4.39 Å². The molecule has 0 unspecified atom stereocenters. The van der Waals surface area contributed by atoms with Gasteiger partial charge in [-0.1, -0.05) is 24.3 Å². The SMILES string of the molecule is COc1cccc(Cc2nsc(NC[C@@H](N)c3ccc(F)cc3)n2)c1. The number of anilines is 1. The van der Waals surface area contributed by atoms with Crippen LogP contribution < -0.4 is 15.8 Å². The van der Waals surface area contributed by atoms with E-state index in [-0.39, 0.29) is 11.9 Å². The molecule has 0 amide bonds. The molecule has 3 N–H and O–H groups in total. The second kappa shape index (κ2) is 8.04. The molecule has 1 aromatic heterocycles. The van der Waals surface area contributed by atoms with E-state index in [2.05, 4.69) is 14.7 Å². The third-order valence-electron chi connectivity index (χ3n) is 3.74. The molecule has 0 aliphatic heterocycles. The molecule has 0 bridgehead atoms. The van der Waals surface area contributed by atoms with E-state index >= 15 is 0 Å². The van der Waals surface area contributed by atoms with Crippen molar-refractivity contribution in [3.8, 4) is 5.75 Å². The van der Waals surface area contributed by atoms with Crippen LogP contribution >= 0.6 is 11.5 Å². The number of aromatic nitrogens is 2. The van der Waals surface area contributed by atoms with Gasteiger partial charge in [-0.2, -0.15) is 4.37 Å². The Balaban J connectivity index is 1.57. The van der Waals surface area contributed by atoms with Gasteiger partial charge in [0.2, 0.25) is 5.13 Å². The fourth-order valence-electron chi connectivity index (χ4n) is 2.39. The quantitative estimate of drug-likeness (QED) is 0.677. The number of hydrogen-bond acceptors (Lipinski definition) is 6. The Kier molecular flexibility index (Phi) is 5.57. The first-order valence-corrected chi connectivity index (χ1v) is 8.62. The lowest BCUT2D eigenvalue weighted by Gasteiger charge is -2.12. The average Bonchev–Trinajstić information content (AvgIpc) is 3.08. The van der Waals surface area contributed by atoms with E-state index in [0.29, 0.717) is 13.0 Å². The van der Waals surface area contributed by atoms with E-state index in [1.807, 2.05) is 24.3 Å². The van der Waals surface area contributed by atoms with Crippen molar-refractivity contribution in [1.29, 1.82) is 0 Å². The Bertz CT molecular complexity index is 822. The highest BCUT2D eigenvalue weighted by atomic mass is 32.1. The van der Waals surface area contributed by atoms with E-state index in [1.165, 1.54) is 23.7 Å². The maximum atomic E-state index is 12.9. The van der Waals surface area contributed by atoms with E-state index in [1.54, 1.807) is 19.2 Å². The summed E-state index contributed by atoms with van der Waals surface area (Å²) in [6.07, 6.45) is 0.638. The van der Waals surface area contributed by atoms with Gasteiger partial charge in [-0.25, -0.2) is 9.37 Å². The third-order valence-corrected chi connectivity index (χ3v) is 4.45. The molecule has 0 aliphatic rings. The zero-order valence-electron chi connectivity index (χ0n) is 13.8. The van der Waals surface area contributed by atoms with Crippen molar-refractivity contribution in [2.24, 2.45) is 5.73 Å². The Hall–Kier alpha value is -2.51. The molecule has 0 saturated carbocycles. The number of ether oxygens (including phenoxy) is 1. The Morgan fingerprint density at radius 3 is 2.80 bits per heavy atom. The summed E-state index contributed by atoms with van der Waals surface area (Å²) in [6.45, 7) is 0.499. The van der Waals surface area contributed by atoms with Crippen molar-refractivity contribution in [3.63, 3.8) is 0 Å². The molecule has 5 nitrogen and oxygen atoms in total. The number of hydrogen-bond donors (Lipinski definition) is 2. The van der Waals surface area contributed by atoms with Crippen LogP contribution in [0.25, 0.3) is 0 Å². The summed E-state index contributed by atoms with van der Waals surface area (Å²) in [5, 5.41) is 3.91. The summed E-state index contributed by atoms with van der Waals surface area (Å²) in [7, 11) is 1.65. The van der Waals surface area contributed by atoms with Crippen LogP contribution in [0.5, 0.6) is 5.75 Å². The molecule has 0 fully saturated rings. The number of rotatable bonds is 7. The summed E-state index contributed by atoms with van der Waals surface area (Å²) in [4.78, 5) is 4.48. The number of halogens is 1. The van der Waals surface area contributed by atoms with Crippen LogP contribution in [0.4, 0.5) is 9.52 Å². The monoisotopic (exact) mass is 358 g/mol. The number of nitrogens with one attached hydrogen (secondary N) is 1. The molecule has 1 atom stereocenters. The lowest BCUT2D eigenvalue weighted by atomic mass is 10.1. The zero-order chi connectivity index (χ0) is 17.6. The van der Waals surface area contributed by atoms with E-state index in [4.69, 9.17) is 10.5 Å². The summed E-state index contributed by atoms with van der Waals surface area (Å²) >= 11 is 1.30. The minimum atomic E-state index is -0.268. The first-order valence-electron chi connectivity index (χ1n) is 7.84. The van der Waals surface area contributed by atoms with Crippen molar-refractivity contribution >= 4 is 16.7 Å². The molecule has 7 heteroatoms. The summed E-state index contributed by atoms with van der Waals surface area (Å²) in [5.74, 6) is 1.29. The standard InChI is InChI=1S/C18H19FN4OS/c1-24-15-4-2-3-12(9-15)10-17-22-18(25-23-17)21-11-16(20)13-5-7-14(19)8-6-13/h2-9,16H,10-11,20H2,1H3,(H,21,22,23)/t16-/m1/s1. The second-order valence-electron chi connectivity index (χ2n) is 5.58. The van der Waals surface area contributed by atoms with Gasteiger partial charge >= 0.3 is 0 Å². The molecule has 3 aromatic rings. The first kappa shape index (κ1) is 17.3. The summed E-state index contributed by atoms with van der Waals surface area (Å²) in [6, 6.07) is 13.8. The fraction of sp³-hybridized carbons (Fsp3) is 0.222. The van der Waals surface area contributed by atoms with Crippen molar-refractivity contribution in [3.05, 3.63) is 71.3 Å². The van der Waals surface area contributed by atoms with Crippen LogP contribution in [0.15, 0.2) is 48.5 Å². The number of methoxy groups -OCH3 is 1. The van der Waals surface area contributed by atoms with Crippen LogP contribution in [0.3, 0.4) is 0 Å². The number of nitrogens with two attached hydrogens (primary N) is 1. The number of nitrogens with zero attached hydrogens (tertiary/aromatic N) is 2. The highest BCUT2D eigenvalue weighted by Crippen LogP contribution is 2.19. The first-order chi connectivity index (χ1) is 12.1. The third kappa shape index (κ3) is 4.74. The normalized spacial score (nSPS) is 12.0. The maximum Gasteiger partial charge on any atom is 0.202 e. The topological polar surface area (TPSA) is 73.1 Å². The van der Waals surface area contributed by atoms with Gasteiger partial charge in [0.15, 0.2) is 0 Å². The molecule has 0 radical (unpaired) electrons. The smallest absolute Gasteiger partial charge is 0.202 e. The van der Waals surface area contributed by atoms with Gasteiger partial charge in [-0.3, -0.25) is 0 Å². The number of benzene rings is 2. The minimum Gasteiger partial charge on any atom is -0.497 e. The molecule has 1 heterocycles. The molecule has 25 heavy (non-hydrogen) atoms. The Morgan fingerprint density at radius 1 is 1.24 bits per heavy atom. The van der Waals surface area contributed by atoms with Crippen LogP contribution in [0.2, 0.25) is 0 Å². The van der Waals surface area contributed by atoms with Gasteiger partial charge in [0, 0.05) is 30.5 Å². The largest absolute Gasteiger partial charge is 0.497 e. The fourth-order valence-corrected chi connectivity index (χ4v) is 2.98. The lowest BCUT2D eigenvalue weighted by molar-refractivity contribution is 0.414. The van der Waals surface area contributed by atoms with Gasteiger partial charge in [0.05, 0.1) is 7.11 Å². The molecule has 0 saturated heterocycles. The van der Waals surface area contributed by atoms with Crippen molar-refractivity contribution < 1.29 is 9.13 Å². The van der Waals surface area contributed by atoms with Crippen molar-refractivity contribution in [2.75, 3.05) is 19.0 Å². The Morgan fingerprint density at radius 2 is 2.04 bits per heavy atom. The maximum absolute atomic E-state index is 12.9. The van der Waals surface area contributed by atoms with E-state index in [0.717, 1.165) is 27.8 Å². The molecule has 2 aromatic carbocycles. The van der Waals surface area contributed by atoms with Gasteiger partial charge in [-0.15, -0.1) is 0 Å². The Labute approximate surface area is 149 Å². The zero-order valence-corrected chi connectivity index (χ0v) is 14.6. The van der Waals surface area contributed by atoms with Gasteiger partial charge < -0.3 is 15.8 Å². The average molecular weight is 358 g/mol. The molecule has 0 aliphatic carbocycles. The second-order valence-corrected chi connectivity index (χ2v) is 6.33. The summed E-state index contributed by atoms with van der Waals surface area (Å²) < 4.78 is 22.5. The lowest BCUT2D eigenvalue weighted by Crippen LogP contribution is -2.20. The highest BCUT2D eigenvalue weighted by molar-refractivity contribution is 7.09. The van der Waals surface area contributed by atoms with Crippen molar-refractivity contribution in [2.45, 2.75) is 12.5 Å². The van der Waals surface area contributed by atoms with Crippen LogP contribution in [0, 0.1) is 5.82 Å². The molecule has 0 spiro atoms. The minimum absolute atomic E-state index is 0.244. The van der Waals surface area contributed by atoms with Gasteiger partial charge in [-0.05, 0) is 35.4 Å².